The van der Waals surface area contributed by atoms with E-state index in [0.29, 0.717) is 17.4 Å². The maximum Gasteiger partial charge on any atom is 0.265 e. The number of Topliss-reactive ketones (excluding diaryl/α,β-unsaturated/α-hetero) is 1. The van der Waals surface area contributed by atoms with Crippen LogP contribution in [-0.4, -0.2) is 57.5 Å². The van der Waals surface area contributed by atoms with E-state index < -0.39 is 18.6 Å². The molecule has 7 nitrogen and oxygen atoms in total. The SMILES string of the molecule is CC(C)CCCC(O)CCCCCCC(=O)CCN(O)C(=O)[C@@H](N)CO. The molecular formula is C19H38N2O5. The van der Waals surface area contributed by atoms with Gasteiger partial charge in [0.2, 0.25) is 0 Å². The summed E-state index contributed by atoms with van der Waals surface area (Å²) in [6, 6.07) is -1.16. The number of nitrogens with zero attached hydrogens (tertiary/aromatic N) is 1. The molecule has 0 spiro atoms. The fraction of sp³-hybridized carbons (Fsp3) is 0.895. The van der Waals surface area contributed by atoms with Crippen molar-refractivity contribution in [1.82, 2.24) is 5.06 Å². The van der Waals surface area contributed by atoms with Crippen molar-refractivity contribution in [2.24, 2.45) is 11.7 Å². The summed E-state index contributed by atoms with van der Waals surface area (Å²) >= 11 is 0. The Bertz CT molecular complexity index is 390. The summed E-state index contributed by atoms with van der Waals surface area (Å²) in [5, 5.41) is 28.5. The second-order valence-corrected chi connectivity index (χ2v) is 7.47. The molecule has 0 aromatic heterocycles. The van der Waals surface area contributed by atoms with Gasteiger partial charge in [0.25, 0.3) is 5.91 Å². The number of rotatable bonds is 16. The van der Waals surface area contributed by atoms with Crippen molar-refractivity contribution >= 4 is 11.7 Å². The van der Waals surface area contributed by atoms with E-state index in [1.807, 2.05) is 0 Å². The van der Waals surface area contributed by atoms with Gasteiger partial charge in [-0.1, -0.05) is 46.0 Å². The molecular weight excluding hydrogens is 336 g/mol. The predicted octanol–water partition coefficient (Wildman–Crippen LogP) is 2.01. The fourth-order valence-electron chi connectivity index (χ4n) is 2.70. The molecule has 0 aliphatic heterocycles. The van der Waals surface area contributed by atoms with Gasteiger partial charge in [0.05, 0.1) is 19.3 Å². The molecule has 26 heavy (non-hydrogen) atoms. The lowest BCUT2D eigenvalue weighted by Crippen LogP contribution is -2.44. The zero-order valence-corrected chi connectivity index (χ0v) is 16.4. The third-order valence-electron chi connectivity index (χ3n) is 4.43. The summed E-state index contributed by atoms with van der Waals surface area (Å²) in [4.78, 5) is 23.2. The zero-order valence-electron chi connectivity index (χ0n) is 16.4. The maximum atomic E-state index is 11.8. The first-order valence-corrected chi connectivity index (χ1v) is 9.84. The number of ketones is 1. The highest BCUT2D eigenvalue weighted by atomic mass is 16.5. The Kier molecular flexibility index (Phi) is 14.5. The molecule has 0 aromatic rings. The van der Waals surface area contributed by atoms with Crippen LogP contribution >= 0.6 is 0 Å². The van der Waals surface area contributed by atoms with Crippen LogP contribution in [-0.2, 0) is 9.59 Å². The highest BCUT2D eigenvalue weighted by molar-refractivity contribution is 5.82. The van der Waals surface area contributed by atoms with Crippen molar-refractivity contribution in [1.29, 1.82) is 0 Å². The minimum Gasteiger partial charge on any atom is -0.394 e. The lowest BCUT2D eigenvalue weighted by molar-refractivity contribution is -0.168. The van der Waals surface area contributed by atoms with Gasteiger partial charge in [0.1, 0.15) is 11.8 Å². The van der Waals surface area contributed by atoms with E-state index in [4.69, 9.17) is 10.8 Å². The Morgan fingerprint density at radius 1 is 0.962 bits per heavy atom. The molecule has 0 bridgehead atoms. The average molecular weight is 375 g/mol. The van der Waals surface area contributed by atoms with Crippen molar-refractivity contribution in [2.45, 2.75) is 90.2 Å². The predicted molar refractivity (Wildman–Crippen MR) is 101 cm³/mol. The first kappa shape index (κ1) is 25.0. The van der Waals surface area contributed by atoms with Crippen LogP contribution in [0.2, 0.25) is 0 Å². The zero-order chi connectivity index (χ0) is 19.9. The number of amides is 1. The number of carbonyl (C=O) groups is 2. The summed E-state index contributed by atoms with van der Waals surface area (Å²) < 4.78 is 0. The number of hydrogen-bond donors (Lipinski definition) is 4. The first-order valence-electron chi connectivity index (χ1n) is 9.84. The van der Waals surface area contributed by atoms with Gasteiger partial charge in [-0.15, -0.1) is 0 Å². The van der Waals surface area contributed by atoms with Crippen LogP contribution < -0.4 is 5.73 Å². The van der Waals surface area contributed by atoms with E-state index in [1.165, 1.54) is 0 Å². The van der Waals surface area contributed by atoms with Crippen LogP contribution in [0.4, 0.5) is 0 Å². The quantitative estimate of drug-likeness (QED) is 0.186. The Hall–Kier alpha value is -1.02. The normalized spacial score (nSPS) is 13.7. The number of hydroxylamine groups is 2. The Morgan fingerprint density at radius 2 is 1.58 bits per heavy atom. The number of aliphatic hydroxyl groups is 2. The van der Waals surface area contributed by atoms with Crippen LogP contribution in [0.25, 0.3) is 0 Å². The van der Waals surface area contributed by atoms with E-state index in [9.17, 15) is 19.9 Å². The maximum absolute atomic E-state index is 11.8. The average Bonchev–Trinajstić information content (AvgIpc) is 2.60. The van der Waals surface area contributed by atoms with Crippen molar-refractivity contribution in [3.05, 3.63) is 0 Å². The number of nitrogens with two attached hydrogens (primary N) is 1. The largest absolute Gasteiger partial charge is 0.394 e. The van der Waals surface area contributed by atoms with Crippen molar-refractivity contribution < 1.29 is 25.0 Å². The van der Waals surface area contributed by atoms with Crippen LogP contribution in [0.15, 0.2) is 0 Å². The molecule has 2 atom stereocenters. The second-order valence-electron chi connectivity index (χ2n) is 7.47. The number of hydrogen-bond acceptors (Lipinski definition) is 6. The molecule has 1 amide bonds. The van der Waals surface area contributed by atoms with Crippen molar-refractivity contribution in [3.63, 3.8) is 0 Å². The van der Waals surface area contributed by atoms with E-state index in [0.717, 1.165) is 51.4 Å². The summed E-state index contributed by atoms with van der Waals surface area (Å²) in [6.07, 6.45) is 7.86. The topological polar surface area (TPSA) is 124 Å². The molecule has 154 valence electrons. The van der Waals surface area contributed by atoms with Gasteiger partial charge < -0.3 is 15.9 Å². The van der Waals surface area contributed by atoms with E-state index in [2.05, 4.69) is 13.8 Å². The van der Waals surface area contributed by atoms with E-state index in [1.54, 1.807) is 0 Å². The Morgan fingerprint density at radius 3 is 2.19 bits per heavy atom. The summed E-state index contributed by atoms with van der Waals surface area (Å²) in [5.74, 6) is -0.113. The van der Waals surface area contributed by atoms with Gasteiger partial charge in [-0.2, -0.15) is 0 Å². The van der Waals surface area contributed by atoms with Crippen molar-refractivity contribution in [2.75, 3.05) is 13.2 Å². The number of aliphatic hydroxyl groups excluding tert-OH is 2. The van der Waals surface area contributed by atoms with Crippen LogP contribution in [0.1, 0.15) is 78.1 Å². The molecule has 0 radical (unpaired) electrons. The lowest BCUT2D eigenvalue weighted by atomic mass is 10.0. The molecule has 0 rings (SSSR count). The van der Waals surface area contributed by atoms with Gasteiger partial charge in [0.15, 0.2) is 0 Å². The molecule has 0 aliphatic carbocycles. The molecule has 0 aliphatic rings. The van der Waals surface area contributed by atoms with Crippen molar-refractivity contribution in [3.8, 4) is 0 Å². The van der Waals surface area contributed by atoms with Crippen LogP contribution in [0.3, 0.4) is 0 Å². The van der Waals surface area contributed by atoms with E-state index in [-0.39, 0.29) is 24.9 Å². The minimum atomic E-state index is -1.16. The molecule has 1 unspecified atom stereocenters. The first-order chi connectivity index (χ1) is 12.3. The third kappa shape index (κ3) is 13.2. The van der Waals surface area contributed by atoms with Gasteiger partial charge in [-0.3, -0.25) is 14.8 Å². The molecule has 0 fully saturated rings. The van der Waals surface area contributed by atoms with Gasteiger partial charge in [-0.25, -0.2) is 5.06 Å². The van der Waals surface area contributed by atoms with Crippen LogP contribution in [0.5, 0.6) is 0 Å². The molecule has 7 heteroatoms. The lowest BCUT2D eigenvalue weighted by Gasteiger charge is -2.17. The standard InChI is InChI=1S/C19H38N2O5/c1-15(2)8-7-11-16(23)9-5-3-4-6-10-17(24)12-13-21(26)19(25)18(20)14-22/h15-16,18,22-23,26H,3-14,20H2,1-2H3/t16?,18-/m0/s1. The van der Waals surface area contributed by atoms with Gasteiger partial charge in [-0.05, 0) is 25.2 Å². The van der Waals surface area contributed by atoms with Gasteiger partial charge in [0, 0.05) is 12.8 Å². The molecule has 0 heterocycles. The number of carbonyl (C=O) groups excluding carboxylic acids is 2. The molecule has 5 N–H and O–H groups in total. The Balaban J connectivity index is 3.61. The fourth-order valence-corrected chi connectivity index (χ4v) is 2.70. The van der Waals surface area contributed by atoms with E-state index >= 15 is 0 Å². The highest BCUT2D eigenvalue weighted by Gasteiger charge is 2.19. The molecule has 0 aromatic carbocycles. The summed E-state index contributed by atoms with van der Waals surface area (Å²) in [5.41, 5.74) is 5.31. The second kappa shape index (κ2) is 15.1. The smallest absolute Gasteiger partial charge is 0.265 e. The summed E-state index contributed by atoms with van der Waals surface area (Å²) in [7, 11) is 0. The monoisotopic (exact) mass is 374 g/mol. The minimum absolute atomic E-state index is 0.0110. The third-order valence-corrected chi connectivity index (χ3v) is 4.43. The highest BCUT2D eigenvalue weighted by Crippen LogP contribution is 2.14. The number of unbranched alkanes of at least 4 members (excludes halogenated alkanes) is 3. The van der Waals surface area contributed by atoms with Gasteiger partial charge >= 0.3 is 0 Å². The van der Waals surface area contributed by atoms with Crippen LogP contribution in [0, 0.1) is 5.92 Å². The Labute approximate surface area is 157 Å². The molecule has 0 saturated carbocycles. The molecule has 0 saturated heterocycles. The summed E-state index contributed by atoms with van der Waals surface area (Å²) in [6.45, 7) is 3.73.